The number of nitrogens with one attached hydrogen (secondary N) is 1. The molecule has 1 aliphatic heterocycles. The molecule has 1 saturated carbocycles. The fourth-order valence-electron chi connectivity index (χ4n) is 3.34. The Morgan fingerprint density at radius 1 is 1.32 bits per heavy atom. The zero-order valence-corrected chi connectivity index (χ0v) is 14.4. The Hall–Kier alpha value is -2.57. The molecule has 1 fully saturated rings. The van der Waals surface area contributed by atoms with Gasteiger partial charge in [0.2, 0.25) is 5.91 Å². The predicted molar refractivity (Wildman–Crippen MR) is 90.9 cm³/mol. The van der Waals surface area contributed by atoms with Gasteiger partial charge in [0.15, 0.2) is 5.60 Å². The number of aromatic carboxylic acids is 1. The lowest BCUT2D eigenvalue weighted by molar-refractivity contribution is -0.134. The summed E-state index contributed by atoms with van der Waals surface area (Å²) in [4.78, 5) is 37.7. The Morgan fingerprint density at radius 3 is 2.64 bits per heavy atom. The quantitative estimate of drug-likeness (QED) is 0.869. The molecule has 0 unspecified atom stereocenters. The van der Waals surface area contributed by atoms with E-state index >= 15 is 0 Å². The zero-order chi connectivity index (χ0) is 18.2. The number of fused-ring (bicyclic) bond motifs is 1. The predicted octanol–water partition coefficient (Wildman–Crippen LogP) is 1.95. The van der Waals surface area contributed by atoms with Gasteiger partial charge < -0.3 is 15.2 Å². The van der Waals surface area contributed by atoms with E-state index in [1.54, 1.807) is 13.8 Å². The summed E-state index contributed by atoms with van der Waals surface area (Å²) in [6, 6.07) is 4.47. The van der Waals surface area contributed by atoms with E-state index in [2.05, 4.69) is 5.32 Å². The molecule has 0 bridgehead atoms. The standard InChI is InChI=1S/C18H22N2O5/c1-18(2)17(24)20(10-15(21)19-12-5-3-4-6-12)13-9-11(16(22)23)7-8-14(13)25-18/h7-9,12H,3-6,10H2,1-2H3,(H,19,21)(H,22,23). The molecule has 1 heterocycles. The van der Waals surface area contributed by atoms with Crippen LogP contribution in [0.1, 0.15) is 49.9 Å². The van der Waals surface area contributed by atoms with Gasteiger partial charge in [-0.3, -0.25) is 14.5 Å². The third-order valence-electron chi connectivity index (χ3n) is 4.64. The van der Waals surface area contributed by atoms with Crippen LogP contribution in [0.4, 0.5) is 5.69 Å². The topological polar surface area (TPSA) is 95.9 Å². The summed E-state index contributed by atoms with van der Waals surface area (Å²) in [7, 11) is 0. The number of ether oxygens (including phenoxy) is 1. The third-order valence-corrected chi connectivity index (χ3v) is 4.64. The average Bonchev–Trinajstić information content (AvgIpc) is 3.04. The van der Waals surface area contributed by atoms with E-state index in [1.807, 2.05) is 0 Å². The number of amides is 2. The number of carbonyl (C=O) groups is 3. The average molecular weight is 346 g/mol. The first kappa shape index (κ1) is 17.3. The highest BCUT2D eigenvalue weighted by Crippen LogP contribution is 2.38. The number of carboxylic acids is 1. The van der Waals surface area contributed by atoms with Crippen LogP contribution in [0.15, 0.2) is 18.2 Å². The first-order chi connectivity index (χ1) is 11.8. The minimum atomic E-state index is -1.12. The van der Waals surface area contributed by atoms with Crippen LogP contribution in [0.3, 0.4) is 0 Å². The number of anilines is 1. The number of nitrogens with zero attached hydrogens (tertiary/aromatic N) is 1. The van der Waals surface area contributed by atoms with Gasteiger partial charge >= 0.3 is 5.97 Å². The van der Waals surface area contributed by atoms with Crippen LogP contribution in [-0.4, -0.2) is 41.1 Å². The number of benzene rings is 1. The van der Waals surface area contributed by atoms with E-state index in [9.17, 15) is 19.5 Å². The normalized spacial score (nSPS) is 19.3. The van der Waals surface area contributed by atoms with Crippen molar-refractivity contribution in [3.8, 4) is 5.75 Å². The highest BCUT2D eigenvalue weighted by molar-refractivity contribution is 6.06. The van der Waals surface area contributed by atoms with E-state index in [4.69, 9.17) is 4.74 Å². The molecule has 1 aromatic rings. The van der Waals surface area contributed by atoms with E-state index in [-0.39, 0.29) is 30.0 Å². The van der Waals surface area contributed by atoms with Gasteiger partial charge in [-0.25, -0.2) is 4.79 Å². The van der Waals surface area contributed by atoms with Crippen molar-refractivity contribution in [3.63, 3.8) is 0 Å². The lowest BCUT2D eigenvalue weighted by Crippen LogP contribution is -2.55. The van der Waals surface area contributed by atoms with Crippen LogP contribution in [-0.2, 0) is 9.59 Å². The Balaban J connectivity index is 1.88. The SMILES string of the molecule is CC1(C)Oc2ccc(C(=O)O)cc2N(CC(=O)NC2CCCC2)C1=O. The summed E-state index contributed by atoms with van der Waals surface area (Å²) in [5.74, 6) is -1.33. The summed E-state index contributed by atoms with van der Waals surface area (Å²) in [5, 5.41) is 12.1. The molecule has 0 saturated heterocycles. The lowest BCUT2D eigenvalue weighted by Gasteiger charge is -2.38. The van der Waals surface area contributed by atoms with Gasteiger partial charge in [0, 0.05) is 6.04 Å². The van der Waals surface area contributed by atoms with Crippen molar-refractivity contribution in [2.75, 3.05) is 11.4 Å². The number of hydrogen-bond acceptors (Lipinski definition) is 4. The van der Waals surface area contributed by atoms with Crippen LogP contribution in [0.2, 0.25) is 0 Å². The first-order valence-corrected chi connectivity index (χ1v) is 8.45. The van der Waals surface area contributed by atoms with Crippen molar-refractivity contribution in [3.05, 3.63) is 23.8 Å². The fourth-order valence-corrected chi connectivity index (χ4v) is 3.34. The van der Waals surface area contributed by atoms with Gasteiger partial charge in [-0.15, -0.1) is 0 Å². The number of hydrogen-bond donors (Lipinski definition) is 2. The summed E-state index contributed by atoms with van der Waals surface area (Å²) in [6.45, 7) is 3.11. The van der Waals surface area contributed by atoms with Crippen LogP contribution in [0.25, 0.3) is 0 Å². The second kappa shape index (κ2) is 6.38. The molecule has 0 aromatic heterocycles. The van der Waals surface area contributed by atoms with Crippen molar-refractivity contribution < 1.29 is 24.2 Å². The maximum Gasteiger partial charge on any atom is 0.335 e. The van der Waals surface area contributed by atoms with Gasteiger partial charge in [0.25, 0.3) is 5.91 Å². The minimum absolute atomic E-state index is 0.0380. The van der Waals surface area contributed by atoms with E-state index in [0.29, 0.717) is 11.4 Å². The number of rotatable bonds is 4. The maximum absolute atomic E-state index is 12.7. The second-order valence-electron chi connectivity index (χ2n) is 7.04. The number of carbonyl (C=O) groups excluding carboxylic acids is 2. The monoisotopic (exact) mass is 346 g/mol. The first-order valence-electron chi connectivity index (χ1n) is 8.45. The van der Waals surface area contributed by atoms with Crippen molar-refractivity contribution >= 4 is 23.5 Å². The molecular formula is C18H22N2O5. The molecule has 1 aliphatic carbocycles. The third kappa shape index (κ3) is 3.45. The van der Waals surface area contributed by atoms with Gasteiger partial charge in [0.05, 0.1) is 11.3 Å². The van der Waals surface area contributed by atoms with E-state index in [1.165, 1.54) is 23.1 Å². The molecule has 0 atom stereocenters. The summed E-state index contributed by atoms with van der Waals surface area (Å²) < 4.78 is 5.70. The van der Waals surface area contributed by atoms with Gasteiger partial charge in [0.1, 0.15) is 12.3 Å². The smallest absolute Gasteiger partial charge is 0.335 e. The molecule has 25 heavy (non-hydrogen) atoms. The molecule has 2 amide bonds. The lowest BCUT2D eigenvalue weighted by atomic mass is 10.0. The molecule has 0 spiro atoms. The summed E-state index contributed by atoms with van der Waals surface area (Å²) >= 11 is 0. The Morgan fingerprint density at radius 2 is 2.00 bits per heavy atom. The van der Waals surface area contributed by atoms with Crippen molar-refractivity contribution in [2.45, 2.75) is 51.2 Å². The summed E-state index contributed by atoms with van der Waals surface area (Å²) in [5.41, 5.74) is -0.771. The Kier molecular flexibility index (Phi) is 4.41. The van der Waals surface area contributed by atoms with Gasteiger partial charge in [-0.2, -0.15) is 0 Å². The summed E-state index contributed by atoms with van der Waals surface area (Å²) in [6.07, 6.45) is 4.10. The molecule has 0 radical (unpaired) electrons. The van der Waals surface area contributed by atoms with Crippen LogP contribution >= 0.6 is 0 Å². The highest BCUT2D eigenvalue weighted by Gasteiger charge is 2.42. The van der Waals surface area contributed by atoms with E-state index < -0.39 is 11.6 Å². The molecule has 2 aliphatic rings. The molecular weight excluding hydrogens is 324 g/mol. The van der Waals surface area contributed by atoms with Crippen LogP contribution < -0.4 is 15.0 Å². The van der Waals surface area contributed by atoms with Crippen LogP contribution in [0, 0.1) is 0 Å². The maximum atomic E-state index is 12.7. The van der Waals surface area contributed by atoms with Gasteiger partial charge in [-0.05, 0) is 44.9 Å². The number of carboxylic acid groups (broad SMARTS) is 1. The van der Waals surface area contributed by atoms with Crippen LogP contribution in [0.5, 0.6) is 5.75 Å². The Labute approximate surface area is 146 Å². The molecule has 7 heteroatoms. The Bertz CT molecular complexity index is 722. The largest absolute Gasteiger partial charge is 0.478 e. The van der Waals surface area contributed by atoms with Crippen molar-refractivity contribution in [1.82, 2.24) is 5.32 Å². The molecule has 3 rings (SSSR count). The van der Waals surface area contributed by atoms with E-state index in [0.717, 1.165) is 25.7 Å². The minimum Gasteiger partial charge on any atom is -0.478 e. The molecule has 7 nitrogen and oxygen atoms in total. The fraction of sp³-hybridized carbons (Fsp3) is 0.500. The van der Waals surface area contributed by atoms with Gasteiger partial charge in [-0.1, -0.05) is 12.8 Å². The van der Waals surface area contributed by atoms with Crippen molar-refractivity contribution in [1.29, 1.82) is 0 Å². The molecule has 134 valence electrons. The second-order valence-corrected chi connectivity index (χ2v) is 7.04. The highest BCUT2D eigenvalue weighted by atomic mass is 16.5. The zero-order valence-electron chi connectivity index (χ0n) is 14.4. The molecule has 1 aromatic carbocycles. The van der Waals surface area contributed by atoms with Crippen molar-refractivity contribution in [2.24, 2.45) is 0 Å². The molecule has 2 N–H and O–H groups in total.